The van der Waals surface area contributed by atoms with E-state index in [1.807, 2.05) is 50.6 Å². The van der Waals surface area contributed by atoms with Gasteiger partial charge in [0.05, 0.1) is 39.5 Å². The van der Waals surface area contributed by atoms with Gasteiger partial charge in [-0.05, 0) is 32.9 Å². The number of thiophene rings is 1. The summed E-state index contributed by atoms with van der Waals surface area (Å²) in [6.45, 7) is 6.10. The first-order valence-electron chi connectivity index (χ1n) is 10.9. The summed E-state index contributed by atoms with van der Waals surface area (Å²) in [4.78, 5) is 40.5. The fourth-order valence-corrected chi connectivity index (χ4v) is 4.58. The standard InChI is InChI=1S/C23H25N7O3S/c1-23(2,3)33-22(32)30-9-8-17(30)27-21-24-10-16-18(28-21)13(11-34-16)20(31)26-14-6-5-7-15-19(14)25-12-29(15)4/h5-7,10-12,17H,8-9H2,1-4H3,(H,26,31)(H,24,27,28). The van der Waals surface area contributed by atoms with E-state index < -0.39 is 5.60 Å². The van der Waals surface area contributed by atoms with E-state index in [-0.39, 0.29) is 18.2 Å². The Kier molecular flexibility index (Phi) is 5.35. The molecule has 0 spiro atoms. The molecule has 0 radical (unpaired) electrons. The fourth-order valence-electron chi connectivity index (χ4n) is 3.73. The molecule has 1 aliphatic heterocycles. The number of hydrogen-bond acceptors (Lipinski definition) is 8. The van der Waals surface area contributed by atoms with Gasteiger partial charge in [0.15, 0.2) is 0 Å². The number of aryl methyl sites for hydroxylation is 1. The zero-order chi connectivity index (χ0) is 24.0. The minimum absolute atomic E-state index is 0.259. The first-order chi connectivity index (χ1) is 16.2. The third kappa shape index (κ3) is 4.14. The zero-order valence-electron chi connectivity index (χ0n) is 19.3. The van der Waals surface area contributed by atoms with Crippen LogP contribution in [0.3, 0.4) is 0 Å². The van der Waals surface area contributed by atoms with Gasteiger partial charge in [0.25, 0.3) is 5.91 Å². The molecule has 5 rings (SSSR count). The van der Waals surface area contributed by atoms with Crippen molar-refractivity contribution in [2.24, 2.45) is 7.05 Å². The molecule has 0 saturated carbocycles. The van der Waals surface area contributed by atoms with Gasteiger partial charge in [-0.15, -0.1) is 11.3 Å². The first kappa shape index (κ1) is 22.1. The Morgan fingerprint density at radius 2 is 2.03 bits per heavy atom. The Morgan fingerprint density at radius 3 is 2.76 bits per heavy atom. The molecule has 1 fully saturated rings. The number of amides is 2. The van der Waals surface area contributed by atoms with Crippen LogP contribution < -0.4 is 10.6 Å². The lowest BCUT2D eigenvalue weighted by Crippen LogP contribution is -2.56. The second-order valence-electron chi connectivity index (χ2n) is 9.16. The third-order valence-corrected chi connectivity index (χ3v) is 6.41. The number of aromatic nitrogens is 4. The van der Waals surface area contributed by atoms with E-state index in [9.17, 15) is 9.59 Å². The highest BCUT2D eigenvalue weighted by Crippen LogP contribution is 2.28. The zero-order valence-corrected chi connectivity index (χ0v) is 20.1. The number of nitrogens with one attached hydrogen (secondary N) is 2. The number of imidazole rings is 1. The van der Waals surface area contributed by atoms with Crippen LogP contribution in [0.25, 0.3) is 21.3 Å². The number of likely N-dealkylation sites (tertiary alicyclic amines) is 1. The monoisotopic (exact) mass is 479 g/mol. The molecule has 1 unspecified atom stereocenters. The molecule has 11 heteroatoms. The minimum atomic E-state index is -0.564. The van der Waals surface area contributed by atoms with Crippen LogP contribution in [0.4, 0.5) is 16.4 Å². The van der Waals surface area contributed by atoms with Crippen LogP contribution in [0.2, 0.25) is 0 Å². The van der Waals surface area contributed by atoms with Crippen molar-refractivity contribution in [3.8, 4) is 0 Å². The van der Waals surface area contributed by atoms with Gasteiger partial charge in [0.1, 0.15) is 17.3 Å². The molecule has 10 nitrogen and oxygen atoms in total. The van der Waals surface area contributed by atoms with Gasteiger partial charge < -0.3 is 19.9 Å². The van der Waals surface area contributed by atoms with Crippen molar-refractivity contribution in [3.05, 3.63) is 41.7 Å². The molecule has 1 aromatic carbocycles. The average molecular weight is 480 g/mol. The average Bonchev–Trinajstić information content (AvgIpc) is 3.34. The van der Waals surface area contributed by atoms with Crippen molar-refractivity contribution in [2.45, 2.75) is 39.0 Å². The maximum Gasteiger partial charge on any atom is 0.411 e. The van der Waals surface area contributed by atoms with E-state index in [2.05, 4.69) is 25.6 Å². The van der Waals surface area contributed by atoms with E-state index >= 15 is 0 Å². The van der Waals surface area contributed by atoms with Crippen molar-refractivity contribution in [2.75, 3.05) is 17.2 Å². The summed E-state index contributed by atoms with van der Waals surface area (Å²) in [5.41, 5.74) is 2.73. The van der Waals surface area contributed by atoms with Gasteiger partial charge >= 0.3 is 6.09 Å². The molecule has 0 aliphatic carbocycles. The Morgan fingerprint density at radius 1 is 1.21 bits per heavy atom. The number of fused-ring (bicyclic) bond motifs is 2. The fraction of sp³-hybridized carbons (Fsp3) is 0.348. The minimum Gasteiger partial charge on any atom is -0.444 e. The summed E-state index contributed by atoms with van der Waals surface area (Å²) in [6.07, 6.45) is 3.52. The second-order valence-corrected chi connectivity index (χ2v) is 10.1. The Balaban J connectivity index is 1.35. The maximum atomic E-state index is 13.1. The molecule has 34 heavy (non-hydrogen) atoms. The largest absolute Gasteiger partial charge is 0.444 e. The van der Waals surface area contributed by atoms with Crippen LogP contribution in [-0.2, 0) is 11.8 Å². The van der Waals surface area contributed by atoms with Crippen molar-refractivity contribution < 1.29 is 14.3 Å². The van der Waals surface area contributed by atoms with E-state index in [1.54, 1.807) is 22.8 Å². The highest BCUT2D eigenvalue weighted by atomic mass is 32.1. The van der Waals surface area contributed by atoms with Gasteiger partial charge in [0, 0.05) is 25.4 Å². The van der Waals surface area contributed by atoms with Gasteiger partial charge in [-0.2, -0.15) is 0 Å². The number of nitrogens with zero attached hydrogens (tertiary/aromatic N) is 5. The quantitative estimate of drug-likeness (QED) is 0.451. The Labute approximate surface area is 200 Å². The van der Waals surface area contributed by atoms with E-state index in [0.717, 1.165) is 22.2 Å². The number of para-hydroxylation sites is 1. The van der Waals surface area contributed by atoms with Gasteiger partial charge in [0.2, 0.25) is 5.95 Å². The lowest BCUT2D eigenvalue weighted by Gasteiger charge is -2.41. The van der Waals surface area contributed by atoms with Crippen molar-refractivity contribution in [1.29, 1.82) is 0 Å². The summed E-state index contributed by atoms with van der Waals surface area (Å²) >= 11 is 1.40. The molecule has 1 aliphatic rings. The van der Waals surface area contributed by atoms with Crippen LogP contribution in [0.5, 0.6) is 0 Å². The van der Waals surface area contributed by atoms with E-state index in [1.165, 1.54) is 11.3 Å². The molecule has 4 heterocycles. The number of anilines is 2. The number of rotatable bonds is 4. The molecule has 1 saturated heterocycles. The molecule has 176 valence electrons. The summed E-state index contributed by atoms with van der Waals surface area (Å²) in [6, 6.07) is 5.65. The number of ether oxygens (including phenoxy) is 1. The van der Waals surface area contributed by atoms with Gasteiger partial charge in [-0.25, -0.2) is 19.7 Å². The lowest BCUT2D eigenvalue weighted by atomic mass is 10.1. The van der Waals surface area contributed by atoms with Crippen molar-refractivity contribution >= 4 is 56.2 Å². The summed E-state index contributed by atoms with van der Waals surface area (Å²) < 4.78 is 8.15. The number of carbonyl (C=O) groups excluding carboxylic acids is 2. The van der Waals surface area contributed by atoms with E-state index in [4.69, 9.17) is 4.74 Å². The molecule has 2 N–H and O–H groups in total. The third-order valence-electron chi connectivity index (χ3n) is 5.51. The first-order valence-corrected chi connectivity index (χ1v) is 11.8. The van der Waals surface area contributed by atoms with E-state index in [0.29, 0.717) is 29.3 Å². The highest BCUT2D eigenvalue weighted by Gasteiger charge is 2.35. The number of carbonyl (C=O) groups is 2. The number of benzene rings is 1. The SMILES string of the molecule is Cn1cnc2c(NC(=O)c3csc4cnc(NC5CCN5C(=O)OC(C)(C)C)nc34)cccc21. The van der Waals surface area contributed by atoms with Crippen LogP contribution >= 0.6 is 11.3 Å². The highest BCUT2D eigenvalue weighted by molar-refractivity contribution is 7.17. The van der Waals surface area contributed by atoms with Crippen LogP contribution in [0.15, 0.2) is 36.1 Å². The molecular weight excluding hydrogens is 454 g/mol. The molecule has 4 aromatic rings. The van der Waals surface area contributed by atoms with Gasteiger partial charge in [-0.3, -0.25) is 9.69 Å². The summed E-state index contributed by atoms with van der Waals surface area (Å²) in [5, 5.41) is 7.91. The molecule has 1 atom stereocenters. The van der Waals surface area contributed by atoms with Gasteiger partial charge in [-0.1, -0.05) is 6.07 Å². The normalized spacial score (nSPS) is 15.9. The Bertz CT molecular complexity index is 1400. The van der Waals surface area contributed by atoms with Crippen LogP contribution in [0, 0.1) is 0 Å². The maximum absolute atomic E-state index is 13.1. The molecule has 0 bridgehead atoms. The smallest absolute Gasteiger partial charge is 0.411 e. The molecule has 2 amide bonds. The lowest BCUT2D eigenvalue weighted by molar-refractivity contribution is -0.000316. The number of hydrogen-bond donors (Lipinski definition) is 2. The van der Waals surface area contributed by atoms with Crippen molar-refractivity contribution in [1.82, 2.24) is 24.4 Å². The predicted molar refractivity (Wildman–Crippen MR) is 131 cm³/mol. The summed E-state index contributed by atoms with van der Waals surface area (Å²) in [7, 11) is 1.91. The Hall–Kier alpha value is -3.73. The summed E-state index contributed by atoms with van der Waals surface area (Å²) in [5.74, 6) is 0.0816. The van der Waals surface area contributed by atoms with Crippen LogP contribution in [0.1, 0.15) is 37.6 Å². The molecular formula is C23H25N7O3S. The molecule has 3 aromatic heterocycles. The predicted octanol–water partition coefficient (Wildman–Crippen LogP) is 4.21. The van der Waals surface area contributed by atoms with Crippen molar-refractivity contribution in [3.63, 3.8) is 0 Å². The van der Waals surface area contributed by atoms with Crippen LogP contribution in [-0.4, -0.2) is 54.7 Å². The topological polar surface area (TPSA) is 114 Å². The second kappa shape index (κ2) is 8.24.